The number of H-pyrrole nitrogens is 1. The van der Waals surface area contributed by atoms with E-state index in [4.69, 9.17) is 10.5 Å². The highest BCUT2D eigenvalue weighted by Crippen LogP contribution is 2.24. The molecule has 7 nitrogen and oxygen atoms in total. The van der Waals surface area contributed by atoms with E-state index in [1.807, 2.05) is 24.3 Å². The molecule has 0 aliphatic rings. The van der Waals surface area contributed by atoms with Crippen molar-refractivity contribution in [1.82, 2.24) is 15.3 Å². The Kier molecular flexibility index (Phi) is 10.2. The zero-order chi connectivity index (χ0) is 19.3. The Morgan fingerprint density at radius 1 is 1.25 bits per heavy atom. The minimum Gasteiger partial charge on any atom is -0.486 e. The molecule has 2 rings (SSSR count). The summed E-state index contributed by atoms with van der Waals surface area (Å²) in [6.07, 6.45) is 1.25. The maximum Gasteiger partial charge on any atom is 0.263 e. The largest absolute Gasteiger partial charge is 0.486 e. The SMILES string of the molecule is C[C@H](N)CNC(=O)c1cnc(COc2ccc(C(C)(C)C)cc2)[nH]c1=O.Cl.Cl. The van der Waals surface area contributed by atoms with Crippen molar-refractivity contribution in [3.8, 4) is 5.75 Å². The molecule has 1 heterocycles. The zero-order valence-corrected chi connectivity index (χ0v) is 18.1. The van der Waals surface area contributed by atoms with Gasteiger partial charge in [-0.1, -0.05) is 32.9 Å². The molecule has 0 unspecified atom stereocenters. The number of aromatic nitrogens is 2. The molecular formula is C19H28Cl2N4O3. The van der Waals surface area contributed by atoms with Crippen LogP contribution in [0.5, 0.6) is 5.75 Å². The van der Waals surface area contributed by atoms with Crippen LogP contribution in [0.2, 0.25) is 0 Å². The van der Waals surface area contributed by atoms with Gasteiger partial charge in [-0.2, -0.15) is 0 Å². The van der Waals surface area contributed by atoms with E-state index in [0.29, 0.717) is 11.6 Å². The average Bonchev–Trinajstić information content (AvgIpc) is 2.57. The first kappa shape index (κ1) is 25.9. The number of nitrogens with zero attached hydrogens (tertiary/aromatic N) is 1. The van der Waals surface area contributed by atoms with Crippen molar-refractivity contribution in [3.05, 3.63) is 57.8 Å². The molecule has 0 saturated heterocycles. The van der Waals surface area contributed by atoms with Gasteiger partial charge < -0.3 is 20.8 Å². The van der Waals surface area contributed by atoms with E-state index in [-0.39, 0.29) is 55.0 Å². The van der Waals surface area contributed by atoms with E-state index >= 15 is 0 Å². The predicted octanol–water partition coefficient (Wildman–Crippen LogP) is 2.57. The molecule has 1 amide bonds. The van der Waals surface area contributed by atoms with Gasteiger partial charge in [0.1, 0.15) is 23.7 Å². The molecule has 0 saturated carbocycles. The minimum atomic E-state index is -0.510. The third-order valence-corrected chi connectivity index (χ3v) is 3.78. The number of benzene rings is 1. The maximum absolute atomic E-state index is 12.0. The molecule has 0 spiro atoms. The smallest absolute Gasteiger partial charge is 0.263 e. The molecule has 0 bridgehead atoms. The van der Waals surface area contributed by atoms with Gasteiger partial charge in [-0.05, 0) is 30.0 Å². The number of carbonyl (C=O) groups excluding carboxylic acids is 1. The van der Waals surface area contributed by atoms with Crippen molar-refractivity contribution in [1.29, 1.82) is 0 Å². The molecular weight excluding hydrogens is 403 g/mol. The van der Waals surface area contributed by atoms with E-state index in [1.165, 1.54) is 11.8 Å². The number of carbonyl (C=O) groups is 1. The van der Waals surface area contributed by atoms with Crippen LogP contribution >= 0.6 is 24.8 Å². The van der Waals surface area contributed by atoms with E-state index in [9.17, 15) is 9.59 Å². The van der Waals surface area contributed by atoms with E-state index < -0.39 is 11.5 Å². The fourth-order valence-electron chi connectivity index (χ4n) is 2.22. The minimum absolute atomic E-state index is 0. The summed E-state index contributed by atoms with van der Waals surface area (Å²) in [6.45, 7) is 8.58. The quantitative estimate of drug-likeness (QED) is 0.651. The number of aromatic amines is 1. The second-order valence-corrected chi connectivity index (χ2v) is 7.32. The third kappa shape index (κ3) is 7.50. The zero-order valence-electron chi connectivity index (χ0n) is 16.4. The normalized spacial score (nSPS) is 11.6. The lowest BCUT2D eigenvalue weighted by molar-refractivity contribution is 0.0949. The van der Waals surface area contributed by atoms with E-state index in [2.05, 4.69) is 36.1 Å². The van der Waals surface area contributed by atoms with Crippen molar-refractivity contribution in [2.24, 2.45) is 5.73 Å². The molecule has 0 aliphatic carbocycles. The van der Waals surface area contributed by atoms with Gasteiger partial charge in [-0.3, -0.25) is 9.59 Å². The molecule has 0 aliphatic heterocycles. The van der Waals surface area contributed by atoms with Gasteiger partial charge in [0.05, 0.1) is 0 Å². The van der Waals surface area contributed by atoms with Crippen LogP contribution in [0.1, 0.15) is 49.4 Å². The van der Waals surface area contributed by atoms with Gasteiger partial charge in [0.25, 0.3) is 11.5 Å². The summed E-state index contributed by atoms with van der Waals surface area (Å²) in [6, 6.07) is 7.60. The van der Waals surface area contributed by atoms with E-state index in [1.54, 1.807) is 6.92 Å². The standard InChI is InChI=1S/C19H26N4O3.2ClH/c1-12(20)9-22-17(24)15-10-21-16(23-18(15)25)11-26-14-7-5-13(6-8-14)19(2,3)4;;/h5-8,10,12H,9,11,20H2,1-4H3,(H,22,24)(H,21,23,25);2*1H/t12-;;/m0../s1. The van der Waals surface area contributed by atoms with Crippen molar-refractivity contribution >= 4 is 30.7 Å². The highest BCUT2D eigenvalue weighted by molar-refractivity contribution is 5.93. The Hall–Kier alpha value is -2.09. The molecule has 2 aromatic rings. The fourth-order valence-corrected chi connectivity index (χ4v) is 2.22. The fraction of sp³-hybridized carbons (Fsp3) is 0.421. The molecule has 1 aromatic carbocycles. The highest BCUT2D eigenvalue weighted by Gasteiger charge is 2.14. The number of nitrogens with one attached hydrogen (secondary N) is 2. The second-order valence-electron chi connectivity index (χ2n) is 7.32. The lowest BCUT2D eigenvalue weighted by atomic mass is 9.87. The first-order valence-electron chi connectivity index (χ1n) is 8.52. The van der Waals surface area contributed by atoms with Gasteiger partial charge in [0.2, 0.25) is 0 Å². The first-order valence-corrected chi connectivity index (χ1v) is 8.52. The molecule has 9 heteroatoms. The summed E-state index contributed by atoms with van der Waals surface area (Å²) in [5.74, 6) is 0.527. The number of amides is 1. The molecule has 0 radical (unpaired) electrons. The Bertz CT molecular complexity index is 815. The molecule has 0 fully saturated rings. The van der Waals surface area contributed by atoms with Crippen molar-refractivity contribution in [2.45, 2.75) is 45.8 Å². The molecule has 4 N–H and O–H groups in total. The number of hydrogen-bond acceptors (Lipinski definition) is 5. The van der Waals surface area contributed by atoms with Crippen molar-refractivity contribution in [3.63, 3.8) is 0 Å². The van der Waals surface area contributed by atoms with Gasteiger partial charge in [0.15, 0.2) is 0 Å². The number of halogens is 2. The molecule has 1 aromatic heterocycles. The summed E-state index contributed by atoms with van der Waals surface area (Å²) < 4.78 is 5.64. The Balaban J connectivity index is 0.00000364. The number of ether oxygens (including phenoxy) is 1. The summed E-state index contributed by atoms with van der Waals surface area (Å²) >= 11 is 0. The predicted molar refractivity (Wildman–Crippen MR) is 115 cm³/mol. The highest BCUT2D eigenvalue weighted by atomic mass is 35.5. The van der Waals surface area contributed by atoms with Gasteiger partial charge in [-0.15, -0.1) is 24.8 Å². The number of nitrogens with two attached hydrogens (primary N) is 1. The van der Waals surface area contributed by atoms with Crippen molar-refractivity contribution in [2.75, 3.05) is 6.54 Å². The van der Waals surface area contributed by atoms with Crippen LogP contribution in [0.25, 0.3) is 0 Å². The second kappa shape index (κ2) is 11.0. The van der Waals surface area contributed by atoms with Crippen LogP contribution in [0.4, 0.5) is 0 Å². The summed E-state index contributed by atoms with van der Waals surface area (Å²) in [7, 11) is 0. The number of hydrogen-bond donors (Lipinski definition) is 3. The summed E-state index contributed by atoms with van der Waals surface area (Å²) in [5, 5.41) is 2.58. The molecule has 156 valence electrons. The van der Waals surface area contributed by atoms with Crippen LogP contribution in [-0.2, 0) is 12.0 Å². The van der Waals surface area contributed by atoms with Gasteiger partial charge in [0, 0.05) is 18.8 Å². The van der Waals surface area contributed by atoms with Crippen LogP contribution in [0.3, 0.4) is 0 Å². The average molecular weight is 431 g/mol. The lowest BCUT2D eigenvalue weighted by Crippen LogP contribution is -2.37. The van der Waals surface area contributed by atoms with E-state index in [0.717, 1.165) is 0 Å². The lowest BCUT2D eigenvalue weighted by Gasteiger charge is -2.19. The summed E-state index contributed by atoms with van der Waals surface area (Å²) in [5.41, 5.74) is 6.29. The monoisotopic (exact) mass is 430 g/mol. The van der Waals surface area contributed by atoms with Gasteiger partial charge in [-0.25, -0.2) is 4.98 Å². The Labute approximate surface area is 177 Å². The molecule has 1 atom stereocenters. The number of rotatable bonds is 6. The first-order chi connectivity index (χ1) is 12.2. The van der Waals surface area contributed by atoms with Crippen molar-refractivity contribution < 1.29 is 9.53 Å². The maximum atomic E-state index is 12.0. The topological polar surface area (TPSA) is 110 Å². The summed E-state index contributed by atoms with van der Waals surface area (Å²) in [4.78, 5) is 30.6. The van der Waals surface area contributed by atoms with Gasteiger partial charge >= 0.3 is 0 Å². The Morgan fingerprint density at radius 3 is 2.36 bits per heavy atom. The van der Waals surface area contributed by atoms with Crippen LogP contribution in [-0.4, -0.2) is 28.5 Å². The van der Waals surface area contributed by atoms with Crippen LogP contribution < -0.4 is 21.3 Å². The van der Waals surface area contributed by atoms with Crippen LogP contribution in [0, 0.1) is 0 Å². The third-order valence-electron chi connectivity index (χ3n) is 3.78. The Morgan fingerprint density at radius 2 is 1.86 bits per heavy atom. The molecule has 28 heavy (non-hydrogen) atoms. The van der Waals surface area contributed by atoms with Crippen LogP contribution in [0.15, 0.2) is 35.3 Å².